The lowest BCUT2D eigenvalue weighted by Crippen LogP contribution is -2.41. The highest BCUT2D eigenvalue weighted by Gasteiger charge is 2.31. The summed E-state index contributed by atoms with van der Waals surface area (Å²) < 4.78 is 5.78. The molecule has 1 aromatic carbocycles. The molecular formula is C15H22N2O2. The molecule has 2 atom stereocenters. The molecule has 4 nitrogen and oxygen atoms in total. The zero-order chi connectivity index (χ0) is 13.7. The Morgan fingerprint density at radius 1 is 1.47 bits per heavy atom. The topological polar surface area (TPSA) is 64.3 Å². The Labute approximate surface area is 114 Å². The van der Waals surface area contributed by atoms with E-state index in [-0.39, 0.29) is 17.9 Å². The van der Waals surface area contributed by atoms with E-state index in [1.54, 1.807) is 0 Å². The molecule has 19 heavy (non-hydrogen) atoms. The number of carbonyl (C=O) groups excluding carboxylic acids is 1. The normalized spacial score (nSPS) is 23.0. The first-order valence-electron chi connectivity index (χ1n) is 6.98. The summed E-state index contributed by atoms with van der Waals surface area (Å²) in [5, 5.41) is 3.40. The number of amides is 1. The second-order valence-corrected chi connectivity index (χ2v) is 4.97. The third-order valence-corrected chi connectivity index (χ3v) is 3.54. The van der Waals surface area contributed by atoms with Crippen LogP contribution in [0.15, 0.2) is 24.3 Å². The molecule has 1 fully saturated rings. The first-order chi connectivity index (χ1) is 9.24. The summed E-state index contributed by atoms with van der Waals surface area (Å²) in [4.78, 5) is 11.6. The zero-order valence-corrected chi connectivity index (χ0v) is 11.4. The van der Waals surface area contributed by atoms with Gasteiger partial charge in [0.25, 0.3) is 0 Å². The van der Waals surface area contributed by atoms with Gasteiger partial charge in [-0.15, -0.1) is 0 Å². The van der Waals surface area contributed by atoms with Crippen LogP contribution < -0.4 is 15.8 Å². The van der Waals surface area contributed by atoms with Crippen LogP contribution in [0.25, 0.3) is 0 Å². The fraction of sp³-hybridized carbons (Fsp3) is 0.533. The molecule has 0 bridgehead atoms. The minimum absolute atomic E-state index is 0.0284. The predicted molar refractivity (Wildman–Crippen MR) is 74.9 cm³/mol. The van der Waals surface area contributed by atoms with Crippen molar-refractivity contribution in [1.82, 2.24) is 5.32 Å². The summed E-state index contributed by atoms with van der Waals surface area (Å²) in [6.07, 6.45) is 2.79. The number of nitrogens with two attached hydrogens (primary N) is 1. The van der Waals surface area contributed by atoms with E-state index < -0.39 is 0 Å². The van der Waals surface area contributed by atoms with Crippen LogP contribution >= 0.6 is 0 Å². The van der Waals surface area contributed by atoms with Crippen LogP contribution in [-0.4, -0.2) is 19.1 Å². The highest BCUT2D eigenvalue weighted by Crippen LogP contribution is 2.34. The molecule has 104 valence electrons. The van der Waals surface area contributed by atoms with Gasteiger partial charge in [0, 0.05) is 11.6 Å². The van der Waals surface area contributed by atoms with Crippen molar-refractivity contribution < 1.29 is 9.53 Å². The molecule has 1 saturated heterocycles. The number of piperidine rings is 1. The van der Waals surface area contributed by atoms with Gasteiger partial charge < -0.3 is 15.8 Å². The number of carbonyl (C=O) groups is 1. The highest BCUT2D eigenvalue weighted by atomic mass is 16.5. The molecule has 1 aromatic rings. The quantitative estimate of drug-likeness (QED) is 0.853. The van der Waals surface area contributed by atoms with Crippen LogP contribution in [-0.2, 0) is 4.79 Å². The Bertz CT molecular complexity index is 434. The van der Waals surface area contributed by atoms with Gasteiger partial charge in [-0.3, -0.25) is 4.79 Å². The summed E-state index contributed by atoms with van der Waals surface area (Å²) in [5.74, 6) is 0.470. The van der Waals surface area contributed by atoms with E-state index >= 15 is 0 Å². The van der Waals surface area contributed by atoms with E-state index in [2.05, 4.69) is 12.2 Å². The molecule has 0 radical (unpaired) electrons. The second kappa shape index (κ2) is 6.57. The maximum atomic E-state index is 11.6. The number of rotatable bonds is 5. The van der Waals surface area contributed by atoms with Gasteiger partial charge in [0.1, 0.15) is 5.75 Å². The Morgan fingerprint density at radius 3 is 3.00 bits per heavy atom. The SMILES string of the molecule is CCCOc1ccccc1C1NCCCC1C(N)=O. The highest BCUT2D eigenvalue weighted by molar-refractivity contribution is 5.78. The van der Waals surface area contributed by atoms with Crippen LogP contribution in [0.1, 0.15) is 37.8 Å². The van der Waals surface area contributed by atoms with E-state index in [0.717, 1.165) is 37.1 Å². The van der Waals surface area contributed by atoms with Crippen molar-refractivity contribution in [3.8, 4) is 5.75 Å². The first kappa shape index (κ1) is 13.9. The van der Waals surface area contributed by atoms with Crippen LogP contribution in [0, 0.1) is 5.92 Å². The molecule has 4 heteroatoms. The Balaban J connectivity index is 2.25. The van der Waals surface area contributed by atoms with Crippen molar-refractivity contribution >= 4 is 5.91 Å². The van der Waals surface area contributed by atoms with Gasteiger partial charge in [-0.05, 0) is 31.9 Å². The van der Waals surface area contributed by atoms with Gasteiger partial charge in [0.15, 0.2) is 0 Å². The van der Waals surface area contributed by atoms with Gasteiger partial charge in [-0.2, -0.15) is 0 Å². The van der Waals surface area contributed by atoms with Crippen molar-refractivity contribution in [3.63, 3.8) is 0 Å². The number of primary amides is 1. The standard InChI is InChI=1S/C15H22N2O2/c1-2-10-19-13-8-4-3-6-11(13)14-12(15(16)18)7-5-9-17-14/h3-4,6,8,12,14,17H,2,5,7,9-10H2,1H3,(H2,16,18). The molecule has 1 aliphatic heterocycles. The first-order valence-corrected chi connectivity index (χ1v) is 6.98. The van der Waals surface area contributed by atoms with Crippen LogP contribution in [0.4, 0.5) is 0 Å². The lowest BCUT2D eigenvalue weighted by Gasteiger charge is -2.31. The number of nitrogens with one attached hydrogen (secondary N) is 1. The number of benzene rings is 1. The average Bonchev–Trinajstić information content (AvgIpc) is 2.45. The Hall–Kier alpha value is -1.55. The van der Waals surface area contributed by atoms with Gasteiger partial charge in [0.05, 0.1) is 12.5 Å². The molecule has 0 spiro atoms. The summed E-state index contributed by atoms with van der Waals surface area (Å²) in [5.41, 5.74) is 6.57. The molecule has 1 aliphatic rings. The van der Waals surface area contributed by atoms with E-state index in [1.165, 1.54) is 0 Å². The van der Waals surface area contributed by atoms with Crippen molar-refractivity contribution in [2.75, 3.05) is 13.2 Å². The zero-order valence-electron chi connectivity index (χ0n) is 11.4. The van der Waals surface area contributed by atoms with Crippen molar-refractivity contribution in [1.29, 1.82) is 0 Å². The van der Waals surface area contributed by atoms with Crippen LogP contribution in [0.5, 0.6) is 5.75 Å². The molecule has 1 heterocycles. The summed E-state index contributed by atoms with van der Waals surface area (Å²) in [6, 6.07) is 7.88. The Kier molecular flexibility index (Phi) is 4.80. The largest absolute Gasteiger partial charge is 0.493 e. The van der Waals surface area contributed by atoms with Crippen molar-refractivity contribution in [3.05, 3.63) is 29.8 Å². The third kappa shape index (κ3) is 3.26. The summed E-state index contributed by atoms with van der Waals surface area (Å²) >= 11 is 0. The van der Waals surface area contributed by atoms with Crippen molar-refractivity contribution in [2.24, 2.45) is 11.7 Å². The minimum atomic E-state index is -0.234. The third-order valence-electron chi connectivity index (χ3n) is 3.54. The molecule has 2 rings (SSSR count). The molecule has 3 N–H and O–H groups in total. The fourth-order valence-electron chi connectivity index (χ4n) is 2.60. The van der Waals surface area contributed by atoms with Gasteiger partial charge >= 0.3 is 0 Å². The summed E-state index contributed by atoms with van der Waals surface area (Å²) in [6.45, 7) is 3.68. The fourth-order valence-corrected chi connectivity index (χ4v) is 2.60. The van der Waals surface area contributed by atoms with Gasteiger partial charge in [-0.25, -0.2) is 0 Å². The van der Waals surface area contributed by atoms with Crippen LogP contribution in [0.2, 0.25) is 0 Å². The van der Waals surface area contributed by atoms with Crippen molar-refractivity contribution in [2.45, 2.75) is 32.2 Å². The lowest BCUT2D eigenvalue weighted by molar-refractivity contribution is -0.123. The van der Waals surface area contributed by atoms with Gasteiger partial charge in [0.2, 0.25) is 5.91 Å². The smallest absolute Gasteiger partial charge is 0.222 e. The van der Waals surface area contributed by atoms with E-state index in [1.807, 2.05) is 24.3 Å². The maximum absolute atomic E-state index is 11.6. The lowest BCUT2D eigenvalue weighted by atomic mass is 9.85. The molecule has 0 aliphatic carbocycles. The molecule has 2 unspecified atom stereocenters. The van der Waals surface area contributed by atoms with E-state index in [9.17, 15) is 4.79 Å². The van der Waals surface area contributed by atoms with E-state index in [4.69, 9.17) is 10.5 Å². The molecule has 1 amide bonds. The van der Waals surface area contributed by atoms with Gasteiger partial charge in [-0.1, -0.05) is 25.1 Å². The van der Waals surface area contributed by atoms with E-state index in [0.29, 0.717) is 6.61 Å². The molecule has 0 saturated carbocycles. The second-order valence-electron chi connectivity index (χ2n) is 4.97. The van der Waals surface area contributed by atoms with Crippen LogP contribution in [0.3, 0.4) is 0 Å². The number of hydrogen-bond acceptors (Lipinski definition) is 3. The summed E-state index contributed by atoms with van der Waals surface area (Å²) in [7, 11) is 0. The number of para-hydroxylation sites is 1. The predicted octanol–water partition coefficient (Wildman–Crippen LogP) is 2.00. The molecule has 0 aromatic heterocycles. The number of hydrogen-bond donors (Lipinski definition) is 2. The minimum Gasteiger partial charge on any atom is -0.493 e. The number of ether oxygens (including phenoxy) is 1. The molecular weight excluding hydrogens is 240 g/mol. The average molecular weight is 262 g/mol. The maximum Gasteiger partial charge on any atom is 0.222 e. The monoisotopic (exact) mass is 262 g/mol. The Morgan fingerprint density at radius 2 is 2.26 bits per heavy atom.